The summed E-state index contributed by atoms with van der Waals surface area (Å²) in [5.41, 5.74) is 0.159. The number of amides is 2. The molecule has 3 rings (SSSR count). The first-order valence-corrected chi connectivity index (χ1v) is 10.4. The Labute approximate surface area is 163 Å². The van der Waals surface area contributed by atoms with Gasteiger partial charge in [0.2, 0.25) is 11.8 Å². The number of rotatable bonds is 4. The van der Waals surface area contributed by atoms with Crippen LogP contribution < -0.4 is 5.32 Å². The first kappa shape index (κ1) is 20.6. The molecule has 3 fully saturated rings. The second kappa shape index (κ2) is 8.05. The molecule has 3 aliphatic rings. The van der Waals surface area contributed by atoms with Crippen LogP contribution in [0, 0.1) is 5.41 Å². The molecule has 0 radical (unpaired) electrons. The highest BCUT2D eigenvalue weighted by molar-refractivity contribution is 5.83. The molecule has 154 valence electrons. The van der Waals surface area contributed by atoms with Gasteiger partial charge in [0.15, 0.2) is 0 Å². The summed E-state index contributed by atoms with van der Waals surface area (Å²) >= 11 is 0. The highest BCUT2D eigenvalue weighted by Crippen LogP contribution is 2.30. The van der Waals surface area contributed by atoms with E-state index in [9.17, 15) is 14.7 Å². The topological polar surface area (TPSA) is 76.1 Å². The number of carbonyl (C=O) groups excluding carboxylic acids is 2. The fourth-order valence-electron chi connectivity index (χ4n) is 4.85. The van der Waals surface area contributed by atoms with Crippen molar-refractivity contribution in [1.82, 2.24) is 20.0 Å². The highest BCUT2D eigenvalue weighted by Gasteiger charge is 2.45. The molecule has 0 saturated carbocycles. The van der Waals surface area contributed by atoms with Crippen molar-refractivity contribution < 1.29 is 14.7 Å². The van der Waals surface area contributed by atoms with E-state index in [0.717, 1.165) is 25.9 Å². The summed E-state index contributed by atoms with van der Waals surface area (Å²) < 4.78 is 0. The maximum absolute atomic E-state index is 12.8. The van der Waals surface area contributed by atoms with Crippen LogP contribution in [0.4, 0.5) is 0 Å². The van der Waals surface area contributed by atoms with Crippen molar-refractivity contribution in [3.05, 3.63) is 0 Å². The van der Waals surface area contributed by atoms with Gasteiger partial charge in [0.1, 0.15) is 6.04 Å². The molecule has 27 heavy (non-hydrogen) atoms. The van der Waals surface area contributed by atoms with E-state index in [1.165, 1.54) is 0 Å². The molecule has 2 amide bonds. The zero-order valence-electron chi connectivity index (χ0n) is 17.3. The van der Waals surface area contributed by atoms with Crippen LogP contribution in [-0.4, -0.2) is 95.6 Å². The van der Waals surface area contributed by atoms with Crippen LogP contribution in [0.2, 0.25) is 0 Å². The van der Waals surface area contributed by atoms with Crippen LogP contribution in [0.25, 0.3) is 0 Å². The standard InChI is InChI=1S/C20H36N4O3/c1-20(2,3)13-24-10-8-16-18(24)19(27)21-11-14(22(16)4)5-6-17(26)23-9-7-15(25)12-23/h14-16,18,25H,5-13H2,1-4H3,(H,21,27). The van der Waals surface area contributed by atoms with E-state index >= 15 is 0 Å². The number of aliphatic hydroxyl groups is 1. The molecule has 2 N–H and O–H groups in total. The number of hydrogen-bond donors (Lipinski definition) is 2. The Morgan fingerprint density at radius 3 is 2.63 bits per heavy atom. The summed E-state index contributed by atoms with van der Waals surface area (Å²) in [6, 6.07) is 0.294. The molecule has 4 atom stereocenters. The maximum atomic E-state index is 12.8. The molecule has 0 aliphatic carbocycles. The van der Waals surface area contributed by atoms with Crippen molar-refractivity contribution in [3.8, 4) is 0 Å². The minimum absolute atomic E-state index is 0.0938. The second-order valence-corrected chi connectivity index (χ2v) is 9.72. The predicted octanol–water partition coefficient (Wildman–Crippen LogP) is 0.279. The molecule has 0 aromatic carbocycles. The summed E-state index contributed by atoms with van der Waals surface area (Å²) in [5, 5.41) is 12.8. The summed E-state index contributed by atoms with van der Waals surface area (Å²) in [5.74, 6) is 0.248. The number of aliphatic hydroxyl groups excluding tert-OH is 1. The number of likely N-dealkylation sites (N-methyl/N-ethyl adjacent to an activating group) is 1. The first-order chi connectivity index (χ1) is 12.7. The van der Waals surface area contributed by atoms with Crippen LogP contribution in [0.3, 0.4) is 0 Å². The normalized spacial score (nSPS) is 33.1. The minimum Gasteiger partial charge on any atom is -0.391 e. The van der Waals surface area contributed by atoms with E-state index in [2.05, 4.69) is 42.9 Å². The van der Waals surface area contributed by atoms with E-state index in [0.29, 0.717) is 32.5 Å². The number of hydrogen-bond acceptors (Lipinski definition) is 5. The lowest BCUT2D eigenvalue weighted by Gasteiger charge is -2.35. The lowest BCUT2D eigenvalue weighted by atomic mass is 9.95. The molecule has 0 aromatic heterocycles. The molecule has 7 nitrogen and oxygen atoms in total. The van der Waals surface area contributed by atoms with Crippen molar-refractivity contribution in [2.45, 2.75) is 70.7 Å². The van der Waals surface area contributed by atoms with Gasteiger partial charge in [0.25, 0.3) is 0 Å². The molecule has 0 spiro atoms. The number of fused-ring (bicyclic) bond motifs is 1. The van der Waals surface area contributed by atoms with E-state index < -0.39 is 0 Å². The van der Waals surface area contributed by atoms with Gasteiger partial charge in [0, 0.05) is 51.2 Å². The van der Waals surface area contributed by atoms with E-state index in [1.807, 2.05) is 0 Å². The molecular formula is C20H36N4O3. The van der Waals surface area contributed by atoms with Crippen molar-refractivity contribution in [2.75, 3.05) is 39.8 Å². The van der Waals surface area contributed by atoms with Crippen LogP contribution in [0.5, 0.6) is 0 Å². The Hall–Kier alpha value is -1.18. The Kier molecular flexibility index (Phi) is 6.13. The molecule has 3 saturated heterocycles. The van der Waals surface area contributed by atoms with Gasteiger partial charge in [0.05, 0.1) is 6.10 Å². The van der Waals surface area contributed by atoms with E-state index in [1.54, 1.807) is 4.90 Å². The largest absolute Gasteiger partial charge is 0.391 e. The monoisotopic (exact) mass is 380 g/mol. The van der Waals surface area contributed by atoms with Gasteiger partial charge in [-0.2, -0.15) is 0 Å². The van der Waals surface area contributed by atoms with Gasteiger partial charge >= 0.3 is 0 Å². The summed E-state index contributed by atoms with van der Waals surface area (Å²) in [4.78, 5) is 31.6. The number of nitrogens with zero attached hydrogens (tertiary/aromatic N) is 3. The quantitative estimate of drug-likeness (QED) is 0.733. The number of carbonyl (C=O) groups is 2. The lowest BCUT2D eigenvalue weighted by molar-refractivity contribution is -0.131. The highest BCUT2D eigenvalue weighted by atomic mass is 16.3. The van der Waals surface area contributed by atoms with Crippen molar-refractivity contribution in [3.63, 3.8) is 0 Å². The van der Waals surface area contributed by atoms with Crippen LogP contribution in [0.1, 0.15) is 46.5 Å². The van der Waals surface area contributed by atoms with Gasteiger partial charge in [-0.3, -0.25) is 19.4 Å². The lowest BCUT2D eigenvalue weighted by Crippen LogP contribution is -2.51. The maximum Gasteiger partial charge on any atom is 0.239 e. The van der Waals surface area contributed by atoms with Crippen molar-refractivity contribution in [1.29, 1.82) is 0 Å². The van der Waals surface area contributed by atoms with Crippen molar-refractivity contribution >= 4 is 11.8 Å². The number of β-amino-alcohol motifs (C(OH)–C–C–N with tert-alkyl or cyclic N) is 1. The van der Waals surface area contributed by atoms with E-state index in [4.69, 9.17) is 0 Å². The summed E-state index contributed by atoms with van der Waals surface area (Å²) in [6.45, 7) is 10.2. The Bertz CT molecular complexity index is 562. The fourth-order valence-corrected chi connectivity index (χ4v) is 4.85. The third kappa shape index (κ3) is 4.81. The van der Waals surface area contributed by atoms with Gasteiger partial charge < -0.3 is 15.3 Å². The molecule has 7 heteroatoms. The fraction of sp³-hybridized carbons (Fsp3) is 0.900. The molecular weight excluding hydrogens is 344 g/mol. The molecule has 3 heterocycles. The summed E-state index contributed by atoms with van der Waals surface area (Å²) in [7, 11) is 2.10. The van der Waals surface area contributed by atoms with Crippen LogP contribution >= 0.6 is 0 Å². The molecule has 0 aromatic rings. The smallest absolute Gasteiger partial charge is 0.239 e. The number of nitrogens with one attached hydrogen (secondary N) is 1. The minimum atomic E-state index is -0.373. The van der Waals surface area contributed by atoms with E-state index in [-0.39, 0.29) is 41.5 Å². The van der Waals surface area contributed by atoms with Gasteiger partial charge in [-0.05, 0) is 31.7 Å². The van der Waals surface area contributed by atoms with Gasteiger partial charge in [-0.25, -0.2) is 0 Å². The Morgan fingerprint density at radius 1 is 1.26 bits per heavy atom. The number of likely N-dealkylation sites (tertiary alicyclic amines) is 2. The third-order valence-corrected chi connectivity index (χ3v) is 6.23. The first-order valence-electron chi connectivity index (χ1n) is 10.4. The average molecular weight is 381 g/mol. The Morgan fingerprint density at radius 2 is 2.00 bits per heavy atom. The zero-order valence-corrected chi connectivity index (χ0v) is 17.3. The van der Waals surface area contributed by atoms with Gasteiger partial charge in [-0.15, -0.1) is 0 Å². The third-order valence-electron chi connectivity index (χ3n) is 6.23. The van der Waals surface area contributed by atoms with Crippen molar-refractivity contribution in [2.24, 2.45) is 5.41 Å². The molecule has 4 unspecified atom stereocenters. The molecule has 0 bridgehead atoms. The Balaban J connectivity index is 1.60. The van der Waals surface area contributed by atoms with Crippen LogP contribution in [0.15, 0.2) is 0 Å². The molecule has 3 aliphatic heterocycles. The summed E-state index contributed by atoms with van der Waals surface area (Å²) in [6.07, 6.45) is 2.51. The van der Waals surface area contributed by atoms with Crippen LogP contribution in [-0.2, 0) is 9.59 Å². The second-order valence-electron chi connectivity index (χ2n) is 9.72. The SMILES string of the molecule is CN1C(CCC(=O)N2CCC(O)C2)CNC(=O)C2C1CCN2CC(C)(C)C. The average Bonchev–Trinajstić information content (AvgIpc) is 3.16. The van der Waals surface area contributed by atoms with Gasteiger partial charge in [-0.1, -0.05) is 20.8 Å². The zero-order chi connectivity index (χ0) is 19.8. The predicted molar refractivity (Wildman–Crippen MR) is 104 cm³/mol.